The van der Waals surface area contributed by atoms with E-state index in [1.165, 1.54) is 0 Å². The van der Waals surface area contributed by atoms with Gasteiger partial charge in [0.25, 0.3) is 0 Å². The summed E-state index contributed by atoms with van der Waals surface area (Å²) in [4.78, 5) is 0. The second-order valence-corrected chi connectivity index (χ2v) is 2.21. The summed E-state index contributed by atoms with van der Waals surface area (Å²) >= 11 is 0. The zero-order chi connectivity index (χ0) is 6.41. The predicted octanol–water partition coefficient (Wildman–Crippen LogP) is 0.354. The average molecular weight is 117 g/mol. The molecule has 0 aromatic rings. The zero-order valence-corrected chi connectivity index (χ0v) is 5.43. The molecule has 0 heterocycles. The highest BCUT2D eigenvalue weighted by molar-refractivity contribution is 4.51. The van der Waals surface area contributed by atoms with Gasteiger partial charge >= 0.3 is 0 Å². The van der Waals surface area contributed by atoms with Crippen molar-refractivity contribution in [2.24, 2.45) is 11.7 Å². The molecule has 2 heteroatoms. The highest BCUT2D eigenvalue weighted by atomic mass is 16.2. The summed E-state index contributed by atoms with van der Waals surface area (Å²) < 4.78 is 0. The molecule has 8 heavy (non-hydrogen) atoms. The second kappa shape index (κ2) is 5.06. The van der Waals surface area contributed by atoms with Crippen molar-refractivity contribution in [3.8, 4) is 0 Å². The maximum atomic E-state index is 8.37. The van der Waals surface area contributed by atoms with Crippen LogP contribution in [0.4, 0.5) is 0 Å². The zero-order valence-electron chi connectivity index (χ0n) is 5.43. The van der Waals surface area contributed by atoms with Gasteiger partial charge in [-0.3, -0.25) is 0 Å². The molecule has 50 valence electrons. The Morgan fingerprint density at radius 2 is 2.25 bits per heavy atom. The first-order chi connectivity index (χ1) is 3.81. The standard InChI is InChI=1S/C6H15NO/c1-6(5-7)3-2-4-8/h6,8H,2-5,7H2,1H3/t6-/m0/s1. The SMILES string of the molecule is C[C@H](CN)CCCO. The van der Waals surface area contributed by atoms with E-state index >= 15 is 0 Å². The minimum absolute atomic E-state index is 0.296. The van der Waals surface area contributed by atoms with E-state index in [-0.39, 0.29) is 0 Å². The Morgan fingerprint density at radius 3 is 2.62 bits per heavy atom. The monoisotopic (exact) mass is 117 g/mol. The molecule has 0 rings (SSSR count). The van der Waals surface area contributed by atoms with E-state index in [2.05, 4.69) is 6.92 Å². The Balaban J connectivity index is 2.86. The molecule has 0 aliphatic heterocycles. The molecule has 0 fully saturated rings. The van der Waals surface area contributed by atoms with E-state index in [9.17, 15) is 0 Å². The Hall–Kier alpha value is -0.0800. The lowest BCUT2D eigenvalue weighted by molar-refractivity contribution is 0.274. The van der Waals surface area contributed by atoms with Crippen molar-refractivity contribution >= 4 is 0 Å². The normalized spacial score (nSPS) is 13.9. The molecule has 0 aliphatic carbocycles. The molecule has 0 amide bonds. The predicted molar refractivity (Wildman–Crippen MR) is 34.5 cm³/mol. The van der Waals surface area contributed by atoms with Crippen molar-refractivity contribution in [2.75, 3.05) is 13.2 Å². The first-order valence-electron chi connectivity index (χ1n) is 3.12. The Morgan fingerprint density at radius 1 is 1.62 bits per heavy atom. The third-order valence-corrected chi connectivity index (χ3v) is 1.26. The summed E-state index contributed by atoms with van der Waals surface area (Å²) in [6.45, 7) is 3.12. The lowest BCUT2D eigenvalue weighted by atomic mass is 10.1. The van der Waals surface area contributed by atoms with Crippen molar-refractivity contribution in [1.82, 2.24) is 0 Å². The van der Waals surface area contributed by atoms with Gasteiger partial charge in [-0.1, -0.05) is 6.92 Å². The van der Waals surface area contributed by atoms with Crippen LogP contribution in [0.2, 0.25) is 0 Å². The molecule has 0 saturated heterocycles. The molecular weight excluding hydrogens is 102 g/mol. The van der Waals surface area contributed by atoms with E-state index in [1.807, 2.05) is 0 Å². The number of hydrogen-bond acceptors (Lipinski definition) is 2. The third-order valence-electron chi connectivity index (χ3n) is 1.26. The molecular formula is C6H15NO. The van der Waals surface area contributed by atoms with Crippen molar-refractivity contribution in [3.05, 3.63) is 0 Å². The van der Waals surface area contributed by atoms with Gasteiger partial charge in [-0.25, -0.2) is 0 Å². The minimum Gasteiger partial charge on any atom is -0.396 e. The van der Waals surface area contributed by atoms with Crippen molar-refractivity contribution in [2.45, 2.75) is 19.8 Å². The fraction of sp³-hybridized carbons (Fsp3) is 1.00. The molecule has 0 saturated carbocycles. The van der Waals surface area contributed by atoms with E-state index < -0.39 is 0 Å². The molecule has 1 atom stereocenters. The van der Waals surface area contributed by atoms with Crippen LogP contribution in [-0.2, 0) is 0 Å². The van der Waals surface area contributed by atoms with Gasteiger partial charge in [0.15, 0.2) is 0 Å². The number of aliphatic hydroxyl groups is 1. The van der Waals surface area contributed by atoms with Crippen molar-refractivity contribution in [1.29, 1.82) is 0 Å². The van der Waals surface area contributed by atoms with Gasteiger partial charge in [-0.2, -0.15) is 0 Å². The Bertz CT molecular complexity index is 47.8. The van der Waals surface area contributed by atoms with Crippen molar-refractivity contribution in [3.63, 3.8) is 0 Å². The van der Waals surface area contributed by atoms with E-state index in [0.717, 1.165) is 19.4 Å². The molecule has 2 nitrogen and oxygen atoms in total. The van der Waals surface area contributed by atoms with Gasteiger partial charge in [0.2, 0.25) is 0 Å². The smallest absolute Gasteiger partial charge is 0.0431 e. The van der Waals surface area contributed by atoms with Crippen LogP contribution >= 0.6 is 0 Å². The van der Waals surface area contributed by atoms with E-state index in [1.54, 1.807) is 0 Å². The Kier molecular flexibility index (Phi) is 5.01. The van der Waals surface area contributed by atoms with Gasteiger partial charge < -0.3 is 10.8 Å². The second-order valence-electron chi connectivity index (χ2n) is 2.21. The maximum Gasteiger partial charge on any atom is 0.0431 e. The fourth-order valence-corrected chi connectivity index (χ4v) is 0.558. The minimum atomic E-state index is 0.296. The fourth-order valence-electron chi connectivity index (χ4n) is 0.558. The van der Waals surface area contributed by atoms with Gasteiger partial charge in [0, 0.05) is 6.61 Å². The molecule has 0 bridgehead atoms. The molecule has 0 aromatic heterocycles. The van der Waals surface area contributed by atoms with E-state index in [0.29, 0.717) is 12.5 Å². The average Bonchev–Trinajstić information content (AvgIpc) is 1.83. The van der Waals surface area contributed by atoms with Crippen LogP contribution in [0, 0.1) is 5.92 Å². The number of rotatable bonds is 4. The lowest BCUT2D eigenvalue weighted by Gasteiger charge is -2.04. The molecule has 0 radical (unpaired) electrons. The van der Waals surface area contributed by atoms with Crippen LogP contribution in [0.25, 0.3) is 0 Å². The molecule has 0 aliphatic rings. The summed E-state index contributed by atoms with van der Waals surface area (Å²) in [5.74, 6) is 0.571. The molecule has 3 N–H and O–H groups in total. The number of aliphatic hydroxyl groups excluding tert-OH is 1. The first kappa shape index (κ1) is 7.92. The van der Waals surface area contributed by atoms with E-state index in [4.69, 9.17) is 10.8 Å². The maximum absolute atomic E-state index is 8.37. The summed E-state index contributed by atoms with van der Waals surface area (Å²) in [6, 6.07) is 0. The highest BCUT2D eigenvalue weighted by Gasteiger charge is 1.95. The van der Waals surface area contributed by atoms with Gasteiger partial charge in [-0.15, -0.1) is 0 Å². The van der Waals surface area contributed by atoms with Crippen LogP contribution in [0.3, 0.4) is 0 Å². The van der Waals surface area contributed by atoms with Crippen LogP contribution in [0.1, 0.15) is 19.8 Å². The summed E-state index contributed by atoms with van der Waals surface area (Å²) in [5, 5.41) is 8.37. The highest BCUT2D eigenvalue weighted by Crippen LogP contribution is 2.00. The lowest BCUT2D eigenvalue weighted by Crippen LogP contribution is -2.10. The van der Waals surface area contributed by atoms with Crippen LogP contribution in [0.5, 0.6) is 0 Å². The quantitative estimate of drug-likeness (QED) is 0.558. The third kappa shape index (κ3) is 4.09. The van der Waals surface area contributed by atoms with Gasteiger partial charge in [0.1, 0.15) is 0 Å². The van der Waals surface area contributed by atoms with Gasteiger partial charge in [-0.05, 0) is 25.3 Å². The topological polar surface area (TPSA) is 46.2 Å². The summed E-state index contributed by atoms with van der Waals surface area (Å²) in [7, 11) is 0. The molecule has 0 aromatic carbocycles. The number of hydrogen-bond donors (Lipinski definition) is 2. The largest absolute Gasteiger partial charge is 0.396 e. The van der Waals surface area contributed by atoms with Crippen molar-refractivity contribution < 1.29 is 5.11 Å². The first-order valence-corrected chi connectivity index (χ1v) is 3.12. The summed E-state index contributed by atoms with van der Waals surface area (Å²) in [6.07, 6.45) is 1.94. The van der Waals surface area contributed by atoms with Crippen LogP contribution in [-0.4, -0.2) is 18.3 Å². The van der Waals surface area contributed by atoms with Crippen LogP contribution < -0.4 is 5.73 Å². The molecule has 0 spiro atoms. The molecule has 0 unspecified atom stereocenters. The van der Waals surface area contributed by atoms with Crippen LogP contribution in [0.15, 0.2) is 0 Å². The van der Waals surface area contributed by atoms with Gasteiger partial charge in [0.05, 0.1) is 0 Å². The Labute approximate surface area is 50.7 Å². The summed E-state index contributed by atoms with van der Waals surface area (Å²) in [5.41, 5.74) is 5.33. The number of nitrogens with two attached hydrogens (primary N) is 1.